The fourth-order valence-corrected chi connectivity index (χ4v) is 10.6. The Morgan fingerprint density at radius 2 is 0.859 bits per heavy atom. The summed E-state index contributed by atoms with van der Waals surface area (Å²) in [5.41, 5.74) is 19.8. The van der Waals surface area contributed by atoms with Gasteiger partial charge < -0.3 is 4.57 Å². The summed E-state index contributed by atoms with van der Waals surface area (Å²) >= 11 is 0. The van der Waals surface area contributed by atoms with Crippen molar-refractivity contribution in [3.05, 3.63) is 224 Å². The molecule has 0 amide bonds. The zero-order chi connectivity index (χ0) is 42.5. The summed E-state index contributed by atoms with van der Waals surface area (Å²) in [4.78, 5) is 10.4. The Labute approximate surface area is 371 Å². The number of hydrogen-bond donors (Lipinski definition) is 0. The largest absolute Gasteiger partial charge is 0.309 e. The molecule has 13 rings (SSSR count). The van der Waals surface area contributed by atoms with Crippen molar-refractivity contribution < 1.29 is 0 Å². The monoisotopic (exact) mass is 815 g/mol. The molecule has 0 spiro atoms. The molecule has 1 aliphatic rings. The Bertz CT molecular complexity index is 3820. The Kier molecular flexibility index (Phi) is 7.95. The molecule has 2 aromatic heterocycles. The van der Waals surface area contributed by atoms with Crippen molar-refractivity contribution in [2.24, 2.45) is 0 Å². The van der Waals surface area contributed by atoms with Gasteiger partial charge in [0.1, 0.15) is 0 Å². The van der Waals surface area contributed by atoms with Gasteiger partial charge in [-0.2, -0.15) is 0 Å². The summed E-state index contributed by atoms with van der Waals surface area (Å²) in [6.45, 7) is 4.71. The molecule has 0 atom stereocenters. The molecule has 0 bridgehead atoms. The fourth-order valence-electron chi connectivity index (χ4n) is 10.6. The predicted octanol–water partition coefficient (Wildman–Crippen LogP) is 16.0. The highest BCUT2D eigenvalue weighted by molar-refractivity contribution is 6.23. The van der Waals surface area contributed by atoms with E-state index < -0.39 is 0 Å². The van der Waals surface area contributed by atoms with Crippen LogP contribution in [-0.2, 0) is 5.41 Å². The van der Waals surface area contributed by atoms with E-state index in [1.165, 1.54) is 93.9 Å². The van der Waals surface area contributed by atoms with E-state index in [4.69, 9.17) is 9.97 Å². The molecule has 0 aliphatic heterocycles. The molecule has 1 aliphatic carbocycles. The van der Waals surface area contributed by atoms with E-state index >= 15 is 0 Å². The van der Waals surface area contributed by atoms with E-state index in [2.05, 4.69) is 225 Å². The molecule has 12 aromatic rings. The van der Waals surface area contributed by atoms with Crippen LogP contribution >= 0.6 is 0 Å². The number of rotatable bonds is 5. The summed E-state index contributed by atoms with van der Waals surface area (Å²) in [5.74, 6) is 0. The summed E-state index contributed by atoms with van der Waals surface area (Å²) in [6.07, 6.45) is 1.95. The summed E-state index contributed by atoms with van der Waals surface area (Å²) < 4.78 is 2.37. The first-order chi connectivity index (χ1) is 31.5. The molecule has 3 heteroatoms. The molecule has 10 aromatic carbocycles. The lowest BCUT2D eigenvalue weighted by Gasteiger charge is -2.22. The molecule has 0 unspecified atom stereocenters. The molecular weight excluding hydrogens is 775 g/mol. The van der Waals surface area contributed by atoms with Gasteiger partial charge in [0.2, 0.25) is 0 Å². The number of para-hydroxylation sites is 2. The van der Waals surface area contributed by atoms with E-state index in [1.807, 2.05) is 6.20 Å². The second-order valence-corrected chi connectivity index (χ2v) is 17.8. The second-order valence-electron chi connectivity index (χ2n) is 17.8. The normalized spacial score (nSPS) is 13.0. The molecule has 0 N–H and O–H groups in total. The molecule has 2 heterocycles. The molecular formula is C61H41N3. The SMILES string of the molecule is CC1(C)c2cc(-c3ccc(-c4cccc(-c5ccc6c(c5)c5ccccc5n6-c5ccccc5)c4)cc3)ccc2-c2ccc(-c3cnc4c5ccccc5c5ccccc5c4n3)cc21. The molecule has 3 nitrogen and oxygen atoms in total. The topological polar surface area (TPSA) is 30.7 Å². The number of hydrogen-bond acceptors (Lipinski definition) is 2. The highest BCUT2D eigenvalue weighted by Crippen LogP contribution is 2.51. The quantitative estimate of drug-likeness (QED) is 0.162. The van der Waals surface area contributed by atoms with Crippen LogP contribution in [0.5, 0.6) is 0 Å². The zero-order valence-corrected chi connectivity index (χ0v) is 35.5. The third kappa shape index (κ3) is 5.54. The smallest absolute Gasteiger partial charge is 0.0979 e. The average Bonchev–Trinajstić information content (AvgIpc) is 3.81. The number of nitrogens with zero attached hydrogens (tertiary/aromatic N) is 3. The van der Waals surface area contributed by atoms with Gasteiger partial charge in [0.15, 0.2) is 0 Å². The van der Waals surface area contributed by atoms with E-state index in [0.29, 0.717) is 0 Å². The van der Waals surface area contributed by atoms with Gasteiger partial charge in [0, 0.05) is 38.2 Å². The van der Waals surface area contributed by atoms with Crippen molar-refractivity contribution in [3.8, 4) is 61.5 Å². The minimum Gasteiger partial charge on any atom is -0.309 e. The maximum atomic E-state index is 5.32. The van der Waals surface area contributed by atoms with Crippen molar-refractivity contribution in [2.45, 2.75) is 19.3 Å². The standard InChI is InChI=1S/C61H41N3/c1-61(2)54-35-43(27-30-48(54)49-31-28-44(36-55(49)61)56-37-62-59-51-20-8-6-17-46(51)47-18-7-9-21-52(47)60(59)63-56)39-25-23-38(24-26-39)40-13-12-14-41(33-40)42-29-32-58-53(34-42)50-19-10-11-22-57(50)64(58)45-15-4-3-5-16-45/h3-37H,1-2H3. The Hall–Kier alpha value is -8.14. The van der Waals surface area contributed by atoms with Crippen LogP contribution in [0, 0.1) is 0 Å². The van der Waals surface area contributed by atoms with Crippen LogP contribution in [-0.4, -0.2) is 14.5 Å². The van der Waals surface area contributed by atoms with E-state index in [1.54, 1.807) is 0 Å². The lowest BCUT2D eigenvalue weighted by Crippen LogP contribution is -2.15. The minimum atomic E-state index is -0.191. The number of benzene rings is 10. The van der Waals surface area contributed by atoms with E-state index in [0.717, 1.165) is 33.1 Å². The van der Waals surface area contributed by atoms with E-state index in [9.17, 15) is 0 Å². The zero-order valence-electron chi connectivity index (χ0n) is 35.5. The maximum Gasteiger partial charge on any atom is 0.0979 e. The van der Waals surface area contributed by atoms with Crippen LogP contribution in [0.3, 0.4) is 0 Å². The van der Waals surface area contributed by atoms with Crippen molar-refractivity contribution in [3.63, 3.8) is 0 Å². The van der Waals surface area contributed by atoms with Gasteiger partial charge in [-0.3, -0.25) is 4.98 Å². The van der Waals surface area contributed by atoms with Gasteiger partial charge >= 0.3 is 0 Å². The fraction of sp³-hybridized carbons (Fsp3) is 0.0492. The van der Waals surface area contributed by atoms with Crippen LogP contribution in [0.4, 0.5) is 0 Å². The van der Waals surface area contributed by atoms with Gasteiger partial charge in [-0.15, -0.1) is 0 Å². The van der Waals surface area contributed by atoms with Crippen LogP contribution in [0.25, 0.3) is 116 Å². The molecule has 0 radical (unpaired) electrons. The van der Waals surface area contributed by atoms with Gasteiger partial charge in [-0.1, -0.05) is 172 Å². The van der Waals surface area contributed by atoms with E-state index in [-0.39, 0.29) is 5.41 Å². The lowest BCUT2D eigenvalue weighted by molar-refractivity contribution is 0.661. The predicted molar refractivity (Wildman–Crippen MR) is 268 cm³/mol. The third-order valence-electron chi connectivity index (χ3n) is 13.8. The Morgan fingerprint density at radius 1 is 0.359 bits per heavy atom. The van der Waals surface area contributed by atoms with Crippen molar-refractivity contribution in [1.29, 1.82) is 0 Å². The maximum absolute atomic E-state index is 5.32. The van der Waals surface area contributed by atoms with Gasteiger partial charge in [-0.25, -0.2) is 4.98 Å². The summed E-state index contributed by atoms with van der Waals surface area (Å²) in [6, 6.07) is 75.2. The van der Waals surface area contributed by atoms with Crippen LogP contribution in [0.15, 0.2) is 212 Å². The number of fused-ring (bicyclic) bond motifs is 12. The number of aromatic nitrogens is 3. The second kappa shape index (κ2) is 13.9. The van der Waals surface area contributed by atoms with Crippen LogP contribution in [0.1, 0.15) is 25.0 Å². The molecule has 0 fully saturated rings. The van der Waals surface area contributed by atoms with Gasteiger partial charge in [-0.05, 0) is 115 Å². The van der Waals surface area contributed by atoms with Crippen LogP contribution < -0.4 is 0 Å². The molecule has 0 saturated heterocycles. The average molecular weight is 816 g/mol. The molecule has 64 heavy (non-hydrogen) atoms. The Balaban J connectivity index is 0.804. The molecule has 0 saturated carbocycles. The first-order valence-electron chi connectivity index (χ1n) is 22.1. The van der Waals surface area contributed by atoms with Crippen LogP contribution in [0.2, 0.25) is 0 Å². The van der Waals surface area contributed by atoms with Crippen molar-refractivity contribution in [1.82, 2.24) is 14.5 Å². The molecule has 300 valence electrons. The minimum absolute atomic E-state index is 0.191. The van der Waals surface area contributed by atoms with Crippen molar-refractivity contribution >= 4 is 54.4 Å². The van der Waals surface area contributed by atoms with Gasteiger partial charge in [0.05, 0.1) is 34.0 Å². The van der Waals surface area contributed by atoms with Crippen molar-refractivity contribution in [2.75, 3.05) is 0 Å². The van der Waals surface area contributed by atoms with Gasteiger partial charge in [0.25, 0.3) is 0 Å². The summed E-state index contributed by atoms with van der Waals surface area (Å²) in [7, 11) is 0. The first kappa shape index (κ1) is 36.5. The highest BCUT2D eigenvalue weighted by atomic mass is 15.0. The Morgan fingerprint density at radius 3 is 1.56 bits per heavy atom. The summed E-state index contributed by atoms with van der Waals surface area (Å²) in [5, 5.41) is 7.20. The first-order valence-corrected chi connectivity index (χ1v) is 22.1. The lowest BCUT2D eigenvalue weighted by atomic mass is 9.81. The third-order valence-corrected chi connectivity index (χ3v) is 13.8. The highest BCUT2D eigenvalue weighted by Gasteiger charge is 2.36.